The van der Waals surface area contributed by atoms with E-state index in [2.05, 4.69) is 6.58 Å². The minimum absolute atomic E-state index is 0.0401. The third-order valence-electron chi connectivity index (χ3n) is 5.22. The highest BCUT2D eigenvalue weighted by atomic mass is 16.5. The Labute approximate surface area is 191 Å². The lowest BCUT2D eigenvalue weighted by molar-refractivity contribution is -0.140. The Balaban J connectivity index is 2.06. The van der Waals surface area contributed by atoms with Crippen molar-refractivity contribution < 1.29 is 33.7 Å². The van der Waals surface area contributed by atoms with E-state index in [1.165, 1.54) is 19.1 Å². The summed E-state index contributed by atoms with van der Waals surface area (Å²) in [6, 6.07) is 12.0. The van der Waals surface area contributed by atoms with Gasteiger partial charge in [-0.15, -0.1) is 0 Å². The number of carbonyl (C=O) groups excluding carboxylic acids is 3. The summed E-state index contributed by atoms with van der Waals surface area (Å²) in [5.74, 6) is -1.76. The first-order chi connectivity index (χ1) is 15.9. The van der Waals surface area contributed by atoms with Crippen LogP contribution in [0.5, 0.6) is 5.75 Å². The number of Topliss-reactive ketones (excluding diaryl/α,β-unsaturated/α-hetero) is 1. The van der Waals surface area contributed by atoms with Crippen LogP contribution in [0, 0.1) is 0 Å². The standard InChI is InChI=1S/C25H25NO7/c1-4-14-33-19-11-9-17(10-12-19)22(27)20-21(26(13-15-31-2)24(29)23(20)28)16-5-7-18(8-6-16)25(30)32-3/h4-12,21,27H,1,13-15H2,2-3H3. The maximum Gasteiger partial charge on any atom is 0.337 e. The average Bonchev–Trinajstić information content (AvgIpc) is 3.10. The van der Waals surface area contributed by atoms with E-state index in [1.807, 2.05) is 0 Å². The molecule has 8 nitrogen and oxygen atoms in total. The normalized spacial score (nSPS) is 17.2. The van der Waals surface area contributed by atoms with E-state index in [4.69, 9.17) is 14.2 Å². The maximum atomic E-state index is 12.9. The van der Waals surface area contributed by atoms with Crippen molar-refractivity contribution in [2.75, 3.05) is 34.0 Å². The Morgan fingerprint density at radius 1 is 1.06 bits per heavy atom. The van der Waals surface area contributed by atoms with Crippen LogP contribution in [0.1, 0.15) is 27.5 Å². The van der Waals surface area contributed by atoms with Crippen molar-refractivity contribution in [3.8, 4) is 5.75 Å². The second-order valence-electron chi connectivity index (χ2n) is 7.22. The number of benzene rings is 2. The Bertz CT molecular complexity index is 1070. The summed E-state index contributed by atoms with van der Waals surface area (Å²) in [5, 5.41) is 11.0. The molecule has 1 N–H and O–H groups in total. The number of rotatable bonds is 9. The Morgan fingerprint density at radius 3 is 2.27 bits per heavy atom. The fraction of sp³-hybridized carbons (Fsp3) is 0.240. The highest BCUT2D eigenvalue weighted by Crippen LogP contribution is 2.39. The quantitative estimate of drug-likeness (QED) is 0.205. The summed E-state index contributed by atoms with van der Waals surface area (Å²) < 4.78 is 15.3. The monoisotopic (exact) mass is 451 g/mol. The molecule has 0 saturated carbocycles. The predicted octanol–water partition coefficient (Wildman–Crippen LogP) is 3.11. The third kappa shape index (κ3) is 4.96. The van der Waals surface area contributed by atoms with Gasteiger partial charge in [-0.2, -0.15) is 0 Å². The second-order valence-corrected chi connectivity index (χ2v) is 7.22. The molecule has 0 spiro atoms. The van der Waals surface area contributed by atoms with Crippen molar-refractivity contribution in [2.24, 2.45) is 0 Å². The zero-order chi connectivity index (χ0) is 24.0. The zero-order valence-electron chi connectivity index (χ0n) is 18.4. The van der Waals surface area contributed by atoms with E-state index < -0.39 is 23.7 Å². The fourth-order valence-electron chi connectivity index (χ4n) is 3.59. The van der Waals surface area contributed by atoms with Crippen LogP contribution in [-0.4, -0.2) is 61.6 Å². The van der Waals surface area contributed by atoms with Gasteiger partial charge >= 0.3 is 5.97 Å². The number of hydrogen-bond donors (Lipinski definition) is 1. The molecular formula is C25H25NO7. The molecule has 3 rings (SSSR count). The molecule has 1 saturated heterocycles. The topological polar surface area (TPSA) is 102 Å². The summed E-state index contributed by atoms with van der Waals surface area (Å²) in [6.07, 6.45) is 1.61. The molecule has 8 heteroatoms. The number of aliphatic hydroxyl groups excluding tert-OH is 1. The van der Waals surface area contributed by atoms with Gasteiger partial charge in [0.1, 0.15) is 18.1 Å². The molecular weight excluding hydrogens is 426 g/mol. The number of aliphatic hydroxyl groups is 1. The number of esters is 1. The first-order valence-electron chi connectivity index (χ1n) is 10.2. The minimum atomic E-state index is -0.844. The molecule has 2 aromatic carbocycles. The smallest absolute Gasteiger partial charge is 0.337 e. The summed E-state index contributed by atoms with van der Waals surface area (Å²) in [7, 11) is 2.77. The predicted molar refractivity (Wildman–Crippen MR) is 121 cm³/mol. The molecule has 0 bridgehead atoms. The van der Waals surface area contributed by atoms with E-state index >= 15 is 0 Å². The summed E-state index contributed by atoms with van der Waals surface area (Å²) in [4.78, 5) is 38.9. The number of amides is 1. The Morgan fingerprint density at radius 2 is 1.70 bits per heavy atom. The van der Waals surface area contributed by atoms with Crippen LogP contribution in [0.4, 0.5) is 0 Å². The number of hydrogen-bond acceptors (Lipinski definition) is 7. The number of methoxy groups -OCH3 is 2. The third-order valence-corrected chi connectivity index (χ3v) is 5.22. The van der Waals surface area contributed by atoms with Crippen LogP contribution >= 0.6 is 0 Å². The first kappa shape index (κ1) is 23.7. The van der Waals surface area contributed by atoms with Crippen LogP contribution in [-0.2, 0) is 19.1 Å². The molecule has 0 radical (unpaired) electrons. The maximum absolute atomic E-state index is 12.9. The van der Waals surface area contributed by atoms with Gasteiger partial charge in [-0.05, 0) is 42.0 Å². The number of nitrogens with zero attached hydrogens (tertiary/aromatic N) is 1. The minimum Gasteiger partial charge on any atom is -0.507 e. The van der Waals surface area contributed by atoms with E-state index in [1.54, 1.807) is 54.6 Å². The van der Waals surface area contributed by atoms with Gasteiger partial charge in [0.15, 0.2) is 0 Å². The van der Waals surface area contributed by atoms with Crippen molar-refractivity contribution in [3.05, 3.63) is 83.4 Å². The largest absolute Gasteiger partial charge is 0.507 e. The van der Waals surface area contributed by atoms with Gasteiger partial charge in [0, 0.05) is 19.2 Å². The van der Waals surface area contributed by atoms with E-state index in [0.717, 1.165) is 0 Å². The van der Waals surface area contributed by atoms with E-state index in [0.29, 0.717) is 29.0 Å². The number of carbonyl (C=O) groups is 3. The van der Waals surface area contributed by atoms with Gasteiger partial charge in [0.25, 0.3) is 11.7 Å². The SMILES string of the molecule is C=CCOc1ccc(C(O)=C2C(=O)C(=O)N(CCOC)C2c2ccc(C(=O)OC)cc2)cc1. The number of ether oxygens (including phenoxy) is 3. The van der Waals surface area contributed by atoms with Gasteiger partial charge in [0.2, 0.25) is 0 Å². The van der Waals surface area contributed by atoms with E-state index in [-0.39, 0.29) is 24.5 Å². The zero-order valence-corrected chi connectivity index (χ0v) is 18.4. The number of ketones is 1. The average molecular weight is 451 g/mol. The van der Waals surface area contributed by atoms with Gasteiger partial charge in [-0.1, -0.05) is 24.8 Å². The molecule has 1 aliphatic rings. The van der Waals surface area contributed by atoms with Crippen LogP contribution in [0.25, 0.3) is 5.76 Å². The van der Waals surface area contributed by atoms with Crippen LogP contribution in [0.15, 0.2) is 66.8 Å². The summed E-state index contributed by atoms with van der Waals surface area (Å²) in [5.41, 5.74) is 1.21. The molecule has 1 fully saturated rings. The lowest BCUT2D eigenvalue weighted by atomic mass is 9.94. The van der Waals surface area contributed by atoms with Crippen molar-refractivity contribution in [1.82, 2.24) is 4.90 Å². The van der Waals surface area contributed by atoms with Crippen LogP contribution in [0.2, 0.25) is 0 Å². The van der Waals surface area contributed by atoms with Gasteiger partial charge < -0.3 is 24.2 Å². The molecule has 1 unspecified atom stereocenters. The lowest BCUT2D eigenvalue weighted by Gasteiger charge is -2.25. The highest BCUT2D eigenvalue weighted by Gasteiger charge is 2.45. The van der Waals surface area contributed by atoms with E-state index in [9.17, 15) is 19.5 Å². The number of likely N-dealkylation sites (tertiary alicyclic amines) is 1. The highest BCUT2D eigenvalue weighted by molar-refractivity contribution is 6.46. The molecule has 2 aromatic rings. The lowest BCUT2D eigenvalue weighted by Crippen LogP contribution is -2.32. The van der Waals surface area contributed by atoms with Crippen molar-refractivity contribution in [2.45, 2.75) is 6.04 Å². The first-order valence-corrected chi connectivity index (χ1v) is 10.2. The van der Waals surface area contributed by atoms with Crippen LogP contribution < -0.4 is 4.74 Å². The fourth-order valence-corrected chi connectivity index (χ4v) is 3.59. The van der Waals surface area contributed by atoms with Gasteiger partial charge in [-0.3, -0.25) is 9.59 Å². The molecule has 172 valence electrons. The molecule has 1 atom stereocenters. The molecule has 0 aromatic heterocycles. The molecule has 1 amide bonds. The Hall–Kier alpha value is -3.91. The van der Waals surface area contributed by atoms with Gasteiger partial charge in [-0.25, -0.2) is 4.79 Å². The summed E-state index contributed by atoms with van der Waals surface area (Å²) in [6.45, 7) is 4.28. The van der Waals surface area contributed by atoms with Gasteiger partial charge in [0.05, 0.1) is 30.9 Å². The molecule has 0 aliphatic carbocycles. The summed E-state index contributed by atoms with van der Waals surface area (Å²) >= 11 is 0. The van der Waals surface area contributed by atoms with Crippen LogP contribution in [0.3, 0.4) is 0 Å². The van der Waals surface area contributed by atoms with Crippen molar-refractivity contribution in [1.29, 1.82) is 0 Å². The molecule has 1 heterocycles. The molecule has 33 heavy (non-hydrogen) atoms. The second kappa shape index (κ2) is 10.6. The van der Waals surface area contributed by atoms with Crippen molar-refractivity contribution in [3.63, 3.8) is 0 Å². The molecule has 1 aliphatic heterocycles. The Kier molecular flexibility index (Phi) is 7.63. The van der Waals surface area contributed by atoms with Crippen molar-refractivity contribution >= 4 is 23.4 Å².